The molecule has 0 radical (unpaired) electrons. The zero-order valence-electron chi connectivity index (χ0n) is 19.6. The van der Waals surface area contributed by atoms with E-state index in [0.717, 1.165) is 63.2 Å². The van der Waals surface area contributed by atoms with Gasteiger partial charge in [-0.3, -0.25) is 4.79 Å². The first-order chi connectivity index (χ1) is 16.3. The minimum absolute atomic E-state index is 0.00306. The van der Waals surface area contributed by atoms with Gasteiger partial charge in [0.2, 0.25) is 5.91 Å². The molecule has 0 unspecified atom stereocenters. The summed E-state index contributed by atoms with van der Waals surface area (Å²) in [6.07, 6.45) is 9.96. The fourth-order valence-corrected chi connectivity index (χ4v) is 4.66. The van der Waals surface area contributed by atoms with Gasteiger partial charge in [-0.05, 0) is 74.9 Å². The fourth-order valence-electron chi connectivity index (χ4n) is 4.66. The number of aliphatic imine (C=N–C) groups is 1. The van der Waals surface area contributed by atoms with E-state index in [-0.39, 0.29) is 11.8 Å². The maximum absolute atomic E-state index is 12.4. The lowest BCUT2D eigenvalue weighted by molar-refractivity contribution is -0.117. The van der Waals surface area contributed by atoms with Gasteiger partial charge < -0.3 is 14.4 Å². The Morgan fingerprint density at radius 2 is 1.73 bits per heavy atom. The Bertz CT molecular complexity index is 907. The van der Waals surface area contributed by atoms with E-state index in [1.54, 1.807) is 0 Å². The molecule has 2 aromatic carbocycles. The van der Waals surface area contributed by atoms with Crippen LogP contribution in [0.4, 0.5) is 0 Å². The number of carbonyl (C=O) groups is 1. The van der Waals surface area contributed by atoms with Crippen LogP contribution in [0.2, 0.25) is 0 Å². The van der Waals surface area contributed by atoms with Crippen molar-refractivity contribution in [3.8, 4) is 11.5 Å². The summed E-state index contributed by atoms with van der Waals surface area (Å²) in [7, 11) is 0. The zero-order chi connectivity index (χ0) is 22.7. The van der Waals surface area contributed by atoms with Crippen molar-refractivity contribution < 1.29 is 14.3 Å². The van der Waals surface area contributed by atoms with Crippen LogP contribution in [0, 0.1) is 5.92 Å². The van der Waals surface area contributed by atoms with Crippen molar-refractivity contribution in [1.29, 1.82) is 0 Å². The highest BCUT2D eigenvalue weighted by atomic mass is 16.6. The molecule has 0 saturated carbocycles. The summed E-state index contributed by atoms with van der Waals surface area (Å²) in [5.74, 6) is 1.86. The molecule has 5 nitrogen and oxygen atoms in total. The first kappa shape index (κ1) is 23.5. The second kappa shape index (κ2) is 12.5. The summed E-state index contributed by atoms with van der Waals surface area (Å²) in [4.78, 5) is 19.3. The molecular formula is C28H36N2O3. The number of hydrogen-bond donors (Lipinski definition) is 0. The molecule has 2 aliphatic rings. The number of carbonyl (C=O) groups excluding carboxylic acids is 1. The minimum atomic E-state index is 0.00306. The van der Waals surface area contributed by atoms with E-state index in [2.05, 4.69) is 46.3 Å². The molecular weight excluding hydrogens is 412 g/mol. The van der Waals surface area contributed by atoms with Gasteiger partial charge in [0.15, 0.2) is 11.5 Å². The number of hydrogen-bond acceptors (Lipinski definition) is 4. The van der Waals surface area contributed by atoms with Gasteiger partial charge in [-0.25, -0.2) is 4.99 Å². The zero-order valence-corrected chi connectivity index (χ0v) is 19.6. The van der Waals surface area contributed by atoms with E-state index in [9.17, 15) is 4.79 Å². The molecule has 0 spiro atoms. The normalized spacial score (nSPS) is 16.8. The van der Waals surface area contributed by atoms with Crippen molar-refractivity contribution in [2.45, 2.75) is 51.4 Å². The number of nitrogens with zero attached hydrogens (tertiary/aromatic N) is 2. The fraction of sp³-hybridized carbons (Fsp3) is 0.500. The first-order valence-corrected chi connectivity index (χ1v) is 12.5. The molecule has 5 heteroatoms. The van der Waals surface area contributed by atoms with Crippen LogP contribution in [-0.2, 0) is 17.6 Å². The Kier molecular flexibility index (Phi) is 8.93. The van der Waals surface area contributed by atoms with Crippen molar-refractivity contribution in [3.63, 3.8) is 0 Å². The molecule has 0 N–H and O–H groups in total. The molecule has 0 aromatic heterocycles. The standard InChI is InChI=1S/C28H36N2O3/c31-28(12-6-2-5-11-23-9-3-1-4-10-23)29-21-25(22-30-15-7-8-16-30)19-24-13-14-26-27(20-24)33-18-17-32-26/h1,3-4,9-10,13-14,20-21,25H,2,5-8,11-12,15-19,22H2/t25-/m1/s1. The van der Waals surface area contributed by atoms with Crippen LogP contribution in [0.15, 0.2) is 53.5 Å². The SMILES string of the molecule is O=C(CCCCCc1ccccc1)N=C[C@@H](Cc1ccc2c(c1)OCCO2)CN1CCCC1. The van der Waals surface area contributed by atoms with Gasteiger partial charge in [-0.15, -0.1) is 0 Å². The number of fused-ring (bicyclic) bond motifs is 1. The number of rotatable bonds is 11. The molecule has 0 bridgehead atoms. The van der Waals surface area contributed by atoms with E-state index in [1.165, 1.54) is 24.0 Å². The van der Waals surface area contributed by atoms with Gasteiger partial charge in [0.1, 0.15) is 13.2 Å². The topological polar surface area (TPSA) is 51.1 Å². The van der Waals surface area contributed by atoms with Gasteiger partial charge in [-0.2, -0.15) is 0 Å². The highest BCUT2D eigenvalue weighted by Gasteiger charge is 2.19. The third kappa shape index (κ3) is 7.71. The molecule has 33 heavy (non-hydrogen) atoms. The predicted octanol–water partition coefficient (Wildman–Crippen LogP) is 5.11. The largest absolute Gasteiger partial charge is 0.486 e. The molecule has 176 valence electrons. The van der Waals surface area contributed by atoms with Gasteiger partial charge in [0.05, 0.1) is 0 Å². The first-order valence-electron chi connectivity index (χ1n) is 12.5. The van der Waals surface area contributed by atoms with Crippen molar-refractivity contribution in [2.75, 3.05) is 32.8 Å². The number of amides is 1. The smallest absolute Gasteiger partial charge is 0.245 e. The van der Waals surface area contributed by atoms with Crippen LogP contribution >= 0.6 is 0 Å². The average molecular weight is 449 g/mol. The summed E-state index contributed by atoms with van der Waals surface area (Å²) < 4.78 is 11.4. The molecule has 2 heterocycles. The summed E-state index contributed by atoms with van der Waals surface area (Å²) in [5, 5.41) is 0. The van der Waals surface area contributed by atoms with Gasteiger partial charge in [0, 0.05) is 25.1 Å². The summed E-state index contributed by atoms with van der Waals surface area (Å²) in [6, 6.07) is 16.7. The van der Waals surface area contributed by atoms with Crippen LogP contribution < -0.4 is 9.47 Å². The van der Waals surface area contributed by atoms with E-state index in [0.29, 0.717) is 19.6 Å². The maximum Gasteiger partial charge on any atom is 0.245 e. The third-order valence-electron chi connectivity index (χ3n) is 6.42. The number of benzene rings is 2. The van der Waals surface area contributed by atoms with Crippen LogP contribution in [0.25, 0.3) is 0 Å². The van der Waals surface area contributed by atoms with Gasteiger partial charge >= 0.3 is 0 Å². The van der Waals surface area contributed by atoms with Crippen LogP contribution in [0.3, 0.4) is 0 Å². The number of aryl methyl sites for hydroxylation is 1. The lowest BCUT2D eigenvalue weighted by Crippen LogP contribution is -2.29. The second-order valence-corrected chi connectivity index (χ2v) is 9.17. The summed E-state index contributed by atoms with van der Waals surface area (Å²) in [5.41, 5.74) is 2.56. The lowest BCUT2D eigenvalue weighted by atomic mass is 9.99. The molecule has 1 atom stereocenters. The van der Waals surface area contributed by atoms with Gasteiger partial charge in [0.25, 0.3) is 0 Å². The van der Waals surface area contributed by atoms with E-state index < -0.39 is 0 Å². The van der Waals surface area contributed by atoms with Crippen LogP contribution in [-0.4, -0.2) is 49.9 Å². The third-order valence-corrected chi connectivity index (χ3v) is 6.42. The highest BCUT2D eigenvalue weighted by Crippen LogP contribution is 2.31. The van der Waals surface area contributed by atoms with Crippen molar-refractivity contribution in [2.24, 2.45) is 10.9 Å². The number of unbranched alkanes of at least 4 members (excludes halogenated alkanes) is 2. The summed E-state index contributed by atoms with van der Waals surface area (Å²) >= 11 is 0. The average Bonchev–Trinajstić information content (AvgIpc) is 3.36. The van der Waals surface area contributed by atoms with Crippen LogP contribution in [0.1, 0.15) is 49.7 Å². The molecule has 1 saturated heterocycles. The molecule has 4 rings (SSSR count). The van der Waals surface area contributed by atoms with Crippen molar-refractivity contribution in [1.82, 2.24) is 4.90 Å². The highest BCUT2D eigenvalue weighted by molar-refractivity contribution is 5.85. The molecule has 2 aliphatic heterocycles. The minimum Gasteiger partial charge on any atom is -0.486 e. The van der Waals surface area contributed by atoms with E-state index in [4.69, 9.17) is 9.47 Å². The Morgan fingerprint density at radius 1 is 0.939 bits per heavy atom. The Labute approximate surface area is 197 Å². The maximum atomic E-state index is 12.4. The molecule has 2 aromatic rings. The number of likely N-dealkylation sites (tertiary alicyclic amines) is 1. The molecule has 1 amide bonds. The Hall–Kier alpha value is -2.66. The Morgan fingerprint density at radius 3 is 2.55 bits per heavy atom. The Balaban J connectivity index is 1.26. The van der Waals surface area contributed by atoms with E-state index >= 15 is 0 Å². The number of ether oxygens (including phenoxy) is 2. The lowest BCUT2D eigenvalue weighted by Gasteiger charge is -2.22. The van der Waals surface area contributed by atoms with Crippen LogP contribution in [0.5, 0.6) is 11.5 Å². The summed E-state index contributed by atoms with van der Waals surface area (Å²) in [6.45, 7) is 4.42. The van der Waals surface area contributed by atoms with Crippen molar-refractivity contribution >= 4 is 12.1 Å². The van der Waals surface area contributed by atoms with Crippen molar-refractivity contribution in [3.05, 3.63) is 59.7 Å². The monoisotopic (exact) mass is 448 g/mol. The predicted molar refractivity (Wildman–Crippen MR) is 132 cm³/mol. The second-order valence-electron chi connectivity index (χ2n) is 9.17. The molecule has 0 aliphatic carbocycles. The molecule has 1 fully saturated rings. The van der Waals surface area contributed by atoms with E-state index in [1.807, 2.05) is 18.3 Å². The quantitative estimate of drug-likeness (QED) is 0.354. The van der Waals surface area contributed by atoms with Gasteiger partial charge in [-0.1, -0.05) is 42.8 Å².